The van der Waals surface area contributed by atoms with E-state index in [0.29, 0.717) is 12.1 Å². The van der Waals surface area contributed by atoms with Gasteiger partial charge in [-0.15, -0.1) is 0 Å². The van der Waals surface area contributed by atoms with Gasteiger partial charge >= 0.3 is 0 Å². The Morgan fingerprint density at radius 1 is 1.28 bits per heavy atom. The highest BCUT2D eigenvalue weighted by Crippen LogP contribution is 2.35. The van der Waals surface area contributed by atoms with E-state index in [0.717, 1.165) is 5.92 Å². The van der Waals surface area contributed by atoms with Crippen LogP contribution >= 0.6 is 11.8 Å². The van der Waals surface area contributed by atoms with Crippen LogP contribution in [-0.2, 0) is 0 Å². The molecule has 104 valence electrons. The molecule has 3 heteroatoms. The summed E-state index contributed by atoms with van der Waals surface area (Å²) in [4.78, 5) is 4.94. The van der Waals surface area contributed by atoms with Crippen LogP contribution in [0.3, 0.4) is 0 Å². The Morgan fingerprint density at radius 2 is 2.17 bits per heavy atom. The zero-order chi connectivity index (χ0) is 12.8. The summed E-state index contributed by atoms with van der Waals surface area (Å²) in [5.41, 5.74) is 0. The first-order valence-corrected chi connectivity index (χ1v) is 8.79. The van der Waals surface area contributed by atoms with Gasteiger partial charge in [0, 0.05) is 11.8 Å². The smallest absolute Gasteiger partial charge is 0.157 e. The van der Waals surface area contributed by atoms with E-state index in [1.54, 1.807) is 0 Å². The lowest BCUT2D eigenvalue weighted by atomic mass is 10.1. The Hall–Kier alpha value is -0.180. The lowest BCUT2D eigenvalue weighted by Gasteiger charge is -2.27. The standard InChI is InChI=1S/C15H28N2S/c1-3-5-9-13(7-4-2)16-15-17-14-10-6-8-12(14)11-18-15/h12-14H,3-11H2,1-2H3,(H,16,17). The maximum Gasteiger partial charge on any atom is 0.157 e. The summed E-state index contributed by atoms with van der Waals surface area (Å²) in [6.45, 7) is 4.56. The minimum absolute atomic E-state index is 0.641. The minimum Gasteiger partial charge on any atom is -0.362 e. The third kappa shape index (κ3) is 3.91. The van der Waals surface area contributed by atoms with E-state index in [9.17, 15) is 0 Å². The molecule has 0 spiro atoms. The topological polar surface area (TPSA) is 24.4 Å². The van der Waals surface area contributed by atoms with Gasteiger partial charge in [-0.3, -0.25) is 4.99 Å². The minimum atomic E-state index is 0.641. The number of hydrogen-bond acceptors (Lipinski definition) is 3. The molecule has 0 bridgehead atoms. The Labute approximate surface area is 116 Å². The van der Waals surface area contributed by atoms with E-state index >= 15 is 0 Å². The van der Waals surface area contributed by atoms with Gasteiger partial charge < -0.3 is 5.32 Å². The Morgan fingerprint density at radius 3 is 2.94 bits per heavy atom. The number of thioether (sulfide) groups is 1. The fourth-order valence-electron chi connectivity index (χ4n) is 3.10. The molecule has 0 aromatic rings. The summed E-state index contributed by atoms with van der Waals surface area (Å²) in [5.74, 6) is 2.17. The maximum absolute atomic E-state index is 4.94. The summed E-state index contributed by atoms with van der Waals surface area (Å²) in [5, 5.41) is 4.96. The van der Waals surface area contributed by atoms with Crippen molar-refractivity contribution in [2.45, 2.75) is 77.3 Å². The second-order valence-electron chi connectivity index (χ2n) is 5.78. The maximum atomic E-state index is 4.94. The molecule has 2 rings (SSSR count). The Kier molecular flexibility index (Phi) is 5.87. The van der Waals surface area contributed by atoms with Gasteiger partial charge in [-0.1, -0.05) is 51.3 Å². The van der Waals surface area contributed by atoms with Gasteiger partial charge in [-0.25, -0.2) is 0 Å². The normalized spacial score (nSPS) is 28.7. The zero-order valence-electron chi connectivity index (χ0n) is 12.0. The van der Waals surface area contributed by atoms with E-state index in [4.69, 9.17) is 4.99 Å². The van der Waals surface area contributed by atoms with E-state index < -0.39 is 0 Å². The predicted molar refractivity (Wildman–Crippen MR) is 82.4 cm³/mol. The molecule has 1 saturated carbocycles. The molecule has 0 saturated heterocycles. The van der Waals surface area contributed by atoms with Crippen molar-refractivity contribution in [1.82, 2.24) is 5.32 Å². The van der Waals surface area contributed by atoms with Crippen LogP contribution in [0.1, 0.15) is 65.2 Å². The summed E-state index contributed by atoms with van der Waals surface area (Å²) in [6.07, 6.45) is 10.6. The second-order valence-corrected chi connectivity index (χ2v) is 6.78. The molecule has 1 aliphatic carbocycles. The number of amidine groups is 1. The largest absolute Gasteiger partial charge is 0.362 e. The van der Waals surface area contributed by atoms with Gasteiger partial charge in [0.15, 0.2) is 5.17 Å². The average molecular weight is 268 g/mol. The van der Waals surface area contributed by atoms with Crippen LogP contribution in [0.15, 0.2) is 4.99 Å². The molecule has 0 amide bonds. The monoisotopic (exact) mass is 268 g/mol. The van der Waals surface area contributed by atoms with Gasteiger partial charge in [-0.2, -0.15) is 0 Å². The van der Waals surface area contributed by atoms with Crippen molar-refractivity contribution in [2.24, 2.45) is 10.9 Å². The summed E-state index contributed by atoms with van der Waals surface area (Å²) < 4.78 is 0. The number of rotatable bonds is 6. The second kappa shape index (κ2) is 7.42. The summed E-state index contributed by atoms with van der Waals surface area (Å²) in [6, 6.07) is 1.29. The number of aliphatic imine (C=N–C) groups is 1. The van der Waals surface area contributed by atoms with Crippen LogP contribution in [0.2, 0.25) is 0 Å². The predicted octanol–water partition coefficient (Wildman–Crippen LogP) is 4.21. The van der Waals surface area contributed by atoms with Crippen molar-refractivity contribution in [1.29, 1.82) is 0 Å². The highest BCUT2D eigenvalue weighted by molar-refractivity contribution is 8.13. The lowest BCUT2D eigenvalue weighted by molar-refractivity contribution is 0.488. The van der Waals surface area contributed by atoms with Crippen LogP contribution in [0.5, 0.6) is 0 Å². The molecule has 3 atom stereocenters. The van der Waals surface area contributed by atoms with E-state index in [1.807, 2.05) is 11.8 Å². The summed E-state index contributed by atoms with van der Waals surface area (Å²) in [7, 11) is 0. The number of unbranched alkanes of at least 4 members (excludes halogenated alkanes) is 1. The molecule has 2 nitrogen and oxygen atoms in total. The molecule has 18 heavy (non-hydrogen) atoms. The quantitative estimate of drug-likeness (QED) is 0.780. The van der Waals surface area contributed by atoms with Gasteiger partial charge in [0.2, 0.25) is 0 Å². The molecular weight excluding hydrogens is 240 g/mol. The van der Waals surface area contributed by atoms with Gasteiger partial charge in [0.1, 0.15) is 0 Å². The van der Waals surface area contributed by atoms with Crippen LogP contribution < -0.4 is 5.32 Å². The van der Waals surface area contributed by atoms with Crippen molar-refractivity contribution in [3.63, 3.8) is 0 Å². The molecule has 0 radical (unpaired) electrons. The molecule has 1 aliphatic heterocycles. The Balaban J connectivity index is 1.85. The van der Waals surface area contributed by atoms with E-state index in [1.165, 1.54) is 62.3 Å². The fraction of sp³-hybridized carbons (Fsp3) is 0.933. The van der Waals surface area contributed by atoms with Crippen LogP contribution in [0, 0.1) is 5.92 Å². The first-order valence-electron chi connectivity index (χ1n) is 7.80. The SMILES string of the molecule is CCCCC(CCC)NC1=NC2CCCC2CS1. The Bertz CT molecular complexity index is 278. The third-order valence-corrected chi connectivity index (χ3v) is 5.30. The van der Waals surface area contributed by atoms with Crippen molar-refractivity contribution >= 4 is 16.9 Å². The molecule has 3 unspecified atom stereocenters. The zero-order valence-corrected chi connectivity index (χ0v) is 12.8. The molecule has 1 N–H and O–H groups in total. The van der Waals surface area contributed by atoms with Gasteiger partial charge in [-0.05, 0) is 31.6 Å². The molecule has 0 aromatic carbocycles. The molecule has 1 fully saturated rings. The van der Waals surface area contributed by atoms with Gasteiger partial charge in [0.05, 0.1) is 6.04 Å². The van der Waals surface area contributed by atoms with Crippen molar-refractivity contribution in [3.8, 4) is 0 Å². The number of nitrogens with zero attached hydrogens (tertiary/aromatic N) is 1. The molecule has 1 heterocycles. The van der Waals surface area contributed by atoms with E-state index in [2.05, 4.69) is 19.2 Å². The van der Waals surface area contributed by atoms with Crippen LogP contribution in [0.25, 0.3) is 0 Å². The molecule has 0 aromatic heterocycles. The summed E-state index contributed by atoms with van der Waals surface area (Å²) >= 11 is 1.97. The van der Waals surface area contributed by atoms with Crippen LogP contribution in [-0.4, -0.2) is 23.0 Å². The van der Waals surface area contributed by atoms with Gasteiger partial charge in [0.25, 0.3) is 0 Å². The highest BCUT2D eigenvalue weighted by atomic mass is 32.2. The lowest BCUT2D eigenvalue weighted by Crippen LogP contribution is -2.37. The van der Waals surface area contributed by atoms with Crippen molar-refractivity contribution in [2.75, 3.05) is 5.75 Å². The third-order valence-electron chi connectivity index (χ3n) is 4.21. The highest BCUT2D eigenvalue weighted by Gasteiger charge is 2.31. The fourth-order valence-corrected chi connectivity index (χ4v) is 4.32. The van der Waals surface area contributed by atoms with Crippen molar-refractivity contribution in [3.05, 3.63) is 0 Å². The van der Waals surface area contributed by atoms with E-state index in [-0.39, 0.29) is 0 Å². The number of nitrogens with one attached hydrogen (secondary N) is 1. The molecular formula is C15H28N2S. The number of hydrogen-bond donors (Lipinski definition) is 1. The molecule has 2 aliphatic rings. The first kappa shape index (κ1) is 14.2. The number of fused-ring (bicyclic) bond motifs is 1. The van der Waals surface area contributed by atoms with Crippen molar-refractivity contribution < 1.29 is 0 Å². The van der Waals surface area contributed by atoms with Crippen LogP contribution in [0.4, 0.5) is 0 Å². The first-order chi connectivity index (χ1) is 8.83. The average Bonchev–Trinajstić information content (AvgIpc) is 2.83.